The molecule has 196 valence electrons. The molecule has 13 heteroatoms. The number of amides is 3. The number of aliphatic carboxylic acids is 2. The van der Waals surface area contributed by atoms with Gasteiger partial charge >= 0.3 is 11.9 Å². The number of fused-ring (bicyclic) bond motifs is 1. The number of hydrogen-bond acceptors (Lipinski definition) is 7. The number of H-pyrrole nitrogens is 1. The van der Waals surface area contributed by atoms with Crippen LogP contribution in [0.2, 0.25) is 0 Å². The molecule has 0 aliphatic heterocycles. The molecule has 0 spiro atoms. The topological polar surface area (TPSA) is 204 Å². The number of para-hydroxylation sites is 1. The van der Waals surface area contributed by atoms with Gasteiger partial charge in [0.1, 0.15) is 18.1 Å². The van der Waals surface area contributed by atoms with Crippen molar-refractivity contribution in [3.63, 3.8) is 0 Å². The lowest BCUT2D eigenvalue weighted by Crippen LogP contribution is -2.57. The van der Waals surface area contributed by atoms with E-state index in [-0.39, 0.29) is 12.8 Å². The number of benzene rings is 1. The zero-order valence-corrected chi connectivity index (χ0v) is 20.8. The van der Waals surface area contributed by atoms with Crippen LogP contribution in [0, 0.1) is 0 Å². The standard InChI is InChI=1S/C23H31N5O7S/c1-12(23(34)35)26-22(33)18(9-13-11-25-16-6-4-3-5-14(13)16)28-21(32)17(7-8-36-2)27-20(31)15(24)10-19(29)30/h3-6,11-12,15,17-18,25H,7-10,24H2,1-2H3,(H,26,33)(H,27,31)(H,28,32)(H,29,30)(H,34,35). The fourth-order valence-corrected chi connectivity index (χ4v) is 3.91. The largest absolute Gasteiger partial charge is 0.481 e. The first-order valence-electron chi connectivity index (χ1n) is 11.2. The molecule has 4 atom stereocenters. The maximum atomic E-state index is 13.2. The van der Waals surface area contributed by atoms with Crippen LogP contribution in [0.3, 0.4) is 0 Å². The highest BCUT2D eigenvalue weighted by molar-refractivity contribution is 7.98. The first kappa shape index (κ1) is 28.7. The number of hydrogen-bond donors (Lipinski definition) is 7. The number of carbonyl (C=O) groups is 5. The van der Waals surface area contributed by atoms with Crippen LogP contribution in [0.1, 0.15) is 25.3 Å². The SMILES string of the molecule is CSCCC(NC(=O)C(N)CC(=O)O)C(=O)NC(Cc1c[nH]c2ccccc12)C(=O)NC(C)C(=O)O. The van der Waals surface area contributed by atoms with Crippen LogP contribution in [0.15, 0.2) is 30.5 Å². The third-order valence-electron chi connectivity index (χ3n) is 5.44. The Morgan fingerprint density at radius 1 is 1.00 bits per heavy atom. The van der Waals surface area contributed by atoms with Crippen molar-refractivity contribution in [2.75, 3.05) is 12.0 Å². The molecular weight excluding hydrogens is 490 g/mol. The molecule has 3 amide bonds. The summed E-state index contributed by atoms with van der Waals surface area (Å²) in [5.41, 5.74) is 7.17. The Kier molecular flexibility index (Phi) is 10.7. The van der Waals surface area contributed by atoms with Crippen LogP contribution >= 0.6 is 11.8 Å². The number of carbonyl (C=O) groups excluding carboxylic acids is 3. The van der Waals surface area contributed by atoms with E-state index in [1.807, 2.05) is 30.5 Å². The fraction of sp³-hybridized carbons (Fsp3) is 0.435. The summed E-state index contributed by atoms with van der Waals surface area (Å²) in [5, 5.41) is 26.3. The van der Waals surface area contributed by atoms with Gasteiger partial charge in [0.15, 0.2) is 0 Å². The second kappa shape index (κ2) is 13.5. The van der Waals surface area contributed by atoms with Crippen LogP contribution in [0.5, 0.6) is 0 Å². The Morgan fingerprint density at radius 2 is 1.64 bits per heavy atom. The first-order valence-corrected chi connectivity index (χ1v) is 12.6. The van der Waals surface area contributed by atoms with E-state index in [2.05, 4.69) is 20.9 Å². The van der Waals surface area contributed by atoms with Gasteiger partial charge in [-0.1, -0.05) is 18.2 Å². The van der Waals surface area contributed by atoms with E-state index in [4.69, 9.17) is 10.8 Å². The Bertz CT molecular complexity index is 1110. The van der Waals surface area contributed by atoms with Crippen LogP contribution in [0.25, 0.3) is 10.9 Å². The van der Waals surface area contributed by atoms with Gasteiger partial charge in [-0.2, -0.15) is 11.8 Å². The molecule has 36 heavy (non-hydrogen) atoms. The van der Waals surface area contributed by atoms with Crippen molar-refractivity contribution in [2.45, 2.75) is 50.4 Å². The van der Waals surface area contributed by atoms with Gasteiger partial charge < -0.3 is 36.9 Å². The van der Waals surface area contributed by atoms with E-state index < -0.39 is 60.2 Å². The number of carboxylic acids is 2. The number of nitrogens with two attached hydrogens (primary N) is 1. The predicted molar refractivity (Wildman–Crippen MR) is 134 cm³/mol. The van der Waals surface area contributed by atoms with Crippen molar-refractivity contribution < 1.29 is 34.2 Å². The molecule has 1 aromatic carbocycles. The zero-order chi connectivity index (χ0) is 26.8. The van der Waals surface area contributed by atoms with E-state index in [1.165, 1.54) is 18.7 Å². The van der Waals surface area contributed by atoms with Crippen LogP contribution in [-0.4, -0.2) is 81.0 Å². The van der Waals surface area contributed by atoms with Gasteiger partial charge in [-0.05, 0) is 37.0 Å². The van der Waals surface area contributed by atoms with Gasteiger partial charge in [0.05, 0.1) is 12.5 Å². The van der Waals surface area contributed by atoms with Crippen LogP contribution in [-0.2, 0) is 30.4 Å². The third-order valence-corrected chi connectivity index (χ3v) is 6.08. The minimum Gasteiger partial charge on any atom is -0.481 e. The summed E-state index contributed by atoms with van der Waals surface area (Å²) in [6, 6.07) is 2.59. The van der Waals surface area contributed by atoms with Crippen molar-refractivity contribution in [1.29, 1.82) is 0 Å². The Hall–Kier alpha value is -3.58. The predicted octanol–water partition coefficient (Wildman–Crippen LogP) is -0.176. The number of aromatic nitrogens is 1. The minimum atomic E-state index is -1.35. The molecule has 0 saturated carbocycles. The summed E-state index contributed by atoms with van der Waals surface area (Å²) in [4.78, 5) is 63.7. The van der Waals surface area contributed by atoms with Crippen LogP contribution < -0.4 is 21.7 Å². The summed E-state index contributed by atoms with van der Waals surface area (Å²) in [6.07, 6.45) is 3.16. The number of nitrogens with one attached hydrogen (secondary N) is 4. The molecule has 8 N–H and O–H groups in total. The average molecular weight is 522 g/mol. The van der Waals surface area contributed by atoms with Crippen molar-refractivity contribution in [3.8, 4) is 0 Å². The second-order valence-electron chi connectivity index (χ2n) is 8.24. The Morgan fingerprint density at radius 3 is 2.28 bits per heavy atom. The molecule has 1 heterocycles. The van der Waals surface area contributed by atoms with Gasteiger partial charge in [0.2, 0.25) is 17.7 Å². The minimum absolute atomic E-state index is 0.0512. The number of thioether (sulfide) groups is 1. The molecule has 0 fully saturated rings. The van der Waals surface area contributed by atoms with E-state index >= 15 is 0 Å². The van der Waals surface area contributed by atoms with Crippen molar-refractivity contribution >= 4 is 52.3 Å². The summed E-state index contributed by atoms with van der Waals surface area (Å²) in [7, 11) is 0. The third kappa shape index (κ3) is 8.27. The second-order valence-corrected chi connectivity index (χ2v) is 9.23. The Balaban J connectivity index is 2.25. The number of aromatic amines is 1. The molecule has 0 radical (unpaired) electrons. The van der Waals surface area contributed by atoms with E-state index in [1.54, 1.807) is 6.20 Å². The molecular formula is C23H31N5O7S. The molecule has 0 saturated heterocycles. The van der Waals surface area contributed by atoms with Gasteiger partial charge in [-0.15, -0.1) is 0 Å². The smallest absolute Gasteiger partial charge is 0.325 e. The van der Waals surface area contributed by atoms with Crippen LogP contribution in [0.4, 0.5) is 0 Å². The number of rotatable bonds is 14. The van der Waals surface area contributed by atoms with Gasteiger partial charge in [-0.25, -0.2) is 0 Å². The molecule has 0 bridgehead atoms. The lowest BCUT2D eigenvalue weighted by Gasteiger charge is -2.24. The van der Waals surface area contributed by atoms with Crippen molar-refractivity contribution in [2.24, 2.45) is 5.73 Å². The summed E-state index contributed by atoms with van der Waals surface area (Å²) < 4.78 is 0. The molecule has 2 aromatic rings. The van der Waals surface area contributed by atoms with Gasteiger partial charge in [-0.3, -0.25) is 24.0 Å². The fourth-order valence-electron chi connectivity index (χ4n) is 3.44. The summed E-state index contributed by atoms with van der Waals surface area (Å²) in [5.74, 6) is -4.20. The molecule has 0 aliphatic rings. The quantitative estimate of drug-likeness (QED) is 0.176. The van der Waals surface area contributed by atoms with E-state index in [0.29, 0.717) is 5.75 Å². The lowest BCUT2D eigenvalue weighted by atomic mass is 10.0. The van der Waals surface area contributed by atoms with E-state index in [0.717, 1.165) is 16.5 Å². The molecule has 12 nitrogen and oxygen atoms in total. The first-order chi connectivity index (χ1) is 17.0. The molecule has 2 rings (SSSR count). The maximum absolute atomic E-state index is 13.2. The van der Waals surface area contributed by atoms with Crippen molar-refractivity contribution in [3.05, 3.63) is 36.0 Å². The molecule has 1 aromatic heterocycles. The van der Waals surface area contributed by atoms with E-state index in [9.17, 15) is 29.1 Å². The molecule has 0 aliphatic carbocycles. The Labute approximate surface area is 211 Å². The maximum Gasteiger partial charge on any atom is 0.325 e. The number of carboxylic acid groups (broad SMARTS) is 2. The molecule has 4 unspecified atom stereocenters. The van der Waals surface area contributed by atoms with Gasteiger partial charge in [0, 0.05) is 23.5 Å². The summed E-state index contributed by atoms with van der Waals surface area (Å²) >= 11 is 1.43. The highest BCUT2D eigenvalue weighted by Gasteiger charge is 2.30. The van der Waals surface area contributed by atoms with Crippen molar-refractivity contribution in [1.82, 2.24) is 20.9 Å². The zero-order valence-electron chi connectivity index (χ0n) is 19.9. The highest BCUT2D eigenvalue weighted by atomic mass is 32.2. The lowest BCUT2D eigenvalue weighted by molar-refractivity contribution is -0.141. The monoisotopic (exact) mass is 521 g/mol. The normalized spacial score (nSPS) is 14.3. The average Bonchev–Trinajstić information content (AvgIpc) is 3.23. The highest BCUT2D eigenvalue weighted by Crippen LogP contribution is 2.19. The van der Waals surface area contributed by atoms with Gasteiger partial charge in [0.25, 0.3) is 0 Å². The summed E-state index contributed by atoms with van der Waals surface area (Å²) in [6.45, 7) is 1.30.